The minimum absolute atomic E-state index is 0.120. The summed E-state index contributed by atoms with van der Waals surface area (Å²) >= 11 is 9.00. The molecule has 7 heteroatoms. The van der Waals surface area contributed by atoms with E-state index in [1.54, 1.807) is 30.5 Å². The van der Waals surface area contributed by atoms with Crippen molar-refractivity contribution in [2.24, 2.45) is 0 Å². The van der Waals surface area contributed by atoms with E-state index < -0.39 is 0 Å². The van der Waals surface area contributed by atoms with Crippen LogP contribution in [0, 0.1) is 0 Å². The number of carbonyl (C=O) groups is 1. The maximum Gasteiger partial charge on any atom is 0.287 e. The van der Waals surface area contributed by atoms with Crippen LogP contribution in [0.2, 0.25) is 5.02 Å². The molecule has 2 aromatic rings. The zero-order valence-electron chi connectivity index (χ0n) is 12.3. The number of ether oxygens (including phenoxy) is 1. The number of amides is 1. The molecule has 1 saturated carbocycles. The molecule has 0 bridgehead atoms. The predicted octanol–water partition coefficient (Wildman–Crippen LogP) is 4.21. The fourth-order valence-electron chi connectivity index (χ4n) is 2.62. The maximum absolute atomic E-state index is 12.1. The summed E-state index contributed by atoms with van der Waals surface area (Å²) in [5, 5.41) is 3.59. The zero-order valence-corrected chi connectivity index (χ0v) is 14.6. The van der Waals surface area contributed by atoms with Gasteiger partial charge in [0, 0.05) is 18.3 Å². The Morgan fingerprint density at radius 3 is 2.65 bits per heavy atom. The molecule has 1 N–H and O–H groups in total. The highest BCUT2D eigenvalue weighted by atomic mass is 79.9. The summed E-state index contributed by atoms with van der Waals surface area (Å²) in [6.45, 7) is 0. The number of pyridine rings is 1. The number of nitrogens with zero attached hydrogens (tertiary/aromatic N) is 1. The molecule has 122 valence electrons. The topological polar surface area (TPSA) is 64.4 Å². The van der Waals surface area contributed by atoms with E-state index in [2.05, 4.69) is 26.2 Å². The largest absolute Gasteiger partial charge is 0.474 e. The highest BCUT2D eigenvalue weighted by molar-refractivity contribution is 9.10. The van der Waals surface area contributed by atoms with Gasteiger partial charge < -0.3 is 14.5 Å². The molecule has 1 aliphatic carbocycles. The molecule has 0 unspecified atom stereocenters. The second-order valence-electron chi connectivity index (χ2n) is 5.48. The van der Waals surface area contributed by atoms with Gasteiger partial charge in [-0.05, 0) is 59.8 Å². The Labute approximate surface area is 147 Å². The Bertz CT molecular complexity index is 666. The fraction of sp³-hybridized carbons (Fsp3) is 0.375. The molecule has 2 heterocycles. The predicted molar refractivity (Wildman–Crippen MR) is 89.8 cm³/mol. The minimum atomic E-state index is -0.181. The molecule has 3 rings (SSSR count). The molecule has 1 fully saturated rings. The summed E-state index contributed by atoms with van der Waals surface area (Å²) in [6, 6.07) is 7.03. The Hall–Kier alpha value is -1.53. The quantitative estimate of drug-likeness (QED) is 0.836. The number of aromatic nitrogens is 1. The van der Waals surface area contributed by atoms with Crippen LogP contribution in [0.1, 0.15) is 36.2 Å². The molecule has 0 aromatic carbocycles. The first kappa shape index (κ1) is 16.3. The molecule has 0 atom stereocenters. The van der Waals surface area contributed by atoms with E-state index in [1.165, 1.54) is 0 Å². The van der Waals surface area contributed by atoms with Gasteiger partial charge in [-0.25, -0.2) is 4.98 Å². The number of halogens is 2. The van der Waals surface area contributed by atoms with Crippen LogP contribution in [0.25, 0.3) is 0 Å². The van der Waals surface area contributed by atoms with Crippen LogP contribution < -0.4 is 10.1 Å². The van der Waals surface area contributed by atoms with Gasteiger partial charge >= 0.3 is 0 Å². The fourth-order valence-corrected chi connectivity index (χ4v) is 3.04. The van der Waals surface area contributed by atoms with Crippen molar-refractivity contribution in [2.75, 3.05) is 0 Å². The van der Waals surface area contributed by atoms with Gasteiger partial charge in [-0.1, -0.05) is 11.6 Å². The second-order valence-corrected chi connectivity index (χ2v) is 6.70. The van der Waals surface area contributed by atoms with Gasteiger partial charge in [-0.15, -0.1) is 0 Å². The summed E-state index contributed by atoms with van der Waals surface area (Å²) in [4.78, 5) is 16.2. The SMILES string of the molecule is O=C(NC1CCC(Oc2ccc(Cl)cn2)CC1)c1ccc(Br)o1. The molecular weight excluding hydrogens is 384 g/mol. The number of nitrogens with one attached hydrogen (secondary N) is 1. The summed E-state index contributed by atoms with van der Waals surface area (Å²) in [7, 11) is 0. The first-order chi connectivity index (χ1) is 11.1. The highest BCUT2D eigenvalue weighted by Crippen LogP contribution is 2.24. The van der Waals surface area contributed by atoms with Crippen molar-refractivity contribution >= 4 is 33.4 Å². The van der Waals surface area contributed by atoms with Crippen molar-refractivity contribution in [3.8, 4) is 5.88 Å². The van der Waals surface area contributed by atoms with Crippen molar-refractivity contribution < 1.29 is 13.9 Å². The molecular formula is C16H16BrClN2O3. The normalized spacial score (nSPS) is 21.0. The third kappa shape index (κ3) is 4.48. The molecule has 1 aliphatic rings. The molecule has 1 amide bonds. The van der Waals surface area contributed by atoms with Crippen LogP contribution in [-0.4, -0.2) is 23.0 Å². The van der Waals surface area contributed by atoms with Crippen molar-refractivity contribution in [1.29, 1.82) is 0 Å². The van der Waals surface area contributed by atoms with Gasteiger partial charge in [-0.2, -0.15) is 0 Å². The number of hydrogen-bond donors (Lipinski definition) is 1. The first-order valence-electron chi connectivity index (χ1n) is 7.44. The summed E-state index contributed by atoms with van der Waals surface area (Å²) in [6.07, 6.45) is 5.17. The monoisotopic (exact) mass is 398 g/mol. The highest BCUT2D eigenvalue weighted by Gasteiger charge is 2.25. The van der Waals surface area contributed by atoms with Crippen molar-refractivity contribution in [3.05, 3.63) is 45.9 Å². The summed E-state index contributed by atoms with van der Waals surface area (Å²) in [5.41, 5.74) is 0. The Balaban J connectivity index is 1.46. The van der Waals surface area contributed by atoms with E-state index in [-0.39, 0.29) is 18.1 Å². The Kier molecular flexibility index (Phi) is 5.23. The smallest absolute Gasteiger partial charge is 0.287 e. The van der Waals surface area contributed by atoms with Crippen LogP contribution in [0.3, 0.4) is 0 Å². The van der Waals surface area contributed by atoms with Gasteiger partial charge in [0.2, 0.25) is 5.88 Å². The second kappa shape index (κ2) is 7.36. The lowest BCUT2D eigenvalue weighted by atomic mass is 9.93. The maximum atomic E-state index is 12.1. The average Bonchev–Trinajstić information content (AvgIpc) is 2.98. The molecule has 0 aliphatic heterocycles. The van der Waals surface area contributed by atoms with Crippen LogP contribution >= 0.6 is 27.5 Å². The molecule has 0 radical (unpaired) electrons. The lowest BCUT2D eigenvalue weighted by molar-refractivity contribution is 0.0862. The number of carbonyl (C=O) groups excluding carboxylic acids is 1. The number of hydrogen-bond acceptors (Lipinski definition) is 4. The van der Waals surface area contributed by atoms with E-state index >= 15 is 0 Å². The van der Waals surface area contributed by atoms with E-state index in [1.807, 2.05) is 0 Å². The third-order valence-corrected chi connectivity index (χ3v) is 4.44. The van der Waals surface area contributed by atoms with Gasteiger partial charge in [0.05, 0.1) is 5.02 Å². The molecule has 5 nitrogen and oxygen atoms in total. The molecule has 0 spiro atoms. The van der Waals surface area contributed by atoms with Gasteiger partial charge in [0.1, 0.15) is 6.10 Å². The van der Waals surface area contributed by atoms with E-state index in [9.17, 15) is 4.79 Å². The zero-order chi connectivity index (χ0) is 16.2. The van der Waals surface area contributed by atoms with E-state index in [0.29, 0.717) is 21.3 Å². The molecule has 2 aromatic heterocycles. The lowest BCUT2D eigenvalue weighted by Gasteiger charge is -2.28. The standard InChI is InChI=1S/C16H16BrClN2O3/c17-14-7-6-13(23-14)16(21)20-11-2-4-12(5-3-11)22-15-8-1-10(18)9-19-15/h1,6-9,11-12H,2-5H2,(H,20,21). The van der Waals surface area contributed by atoms with Crippen molar-refractivity contribution in [3.63, 3.8) is 0 Å². The van der Waals surface area contributed by atoms with Crippen molar-refractivity contribution in [1.82, 2.24) is 10.3 Å². The van der Waals surface area contributed by atoms with Crippen LogP contribution in [0.5, 0.6) is 5.88 Å². The van der Waals surface area contributed by atoms with Crippen LogP contribution in [0.15, 0.2) is 39.5 Å². The first-order valence-corrected chi connectivity index (χ1v) is 8.61. The minimum Gasteiger partial charge on any atom is -0.474 e. The van der Waals surface area contributed by atoms with E-state index in [4.69, 9.17) is 20.8 Å². The van der Waals surface area contributed by atoms with E-state index in [0.717, 1.165) is 25.7 Å². The Morgan fingerprint density at radius 2 is 2.04 bits per heavy atom. The number of rotatable bonds is 4. The van der Waals surface area contributed by atoms with Gasteiger partial charge in [0.15, 0.2) is 10.4 Å². The average molecular weight is 400 g/mol. The molecule has 0 saturated heterocycles. The lowest BCUT2D eigenvalue weighted by Crippen LogP contribution is -2.39. The van der Waals surface area contributed by atoms with Gasteiger partial charge in [0.25, 0.3) is 5.91 Å². The molecule has 23 heavy (non-hydrogen) atoms. The van der Waals surface area contributed by atoms with Gasteiger partial charge in [-0.3, -0.25) is 4.79 Å². The van der Waals surface area contributed by atoms with Crippen molar-refractivity contribution in [2.45, 2.75) is 37.8 Å². The summed E-state index contributed by atoms with van der Waals surface area (Å²) in [5.74, 6) is 0.724. The Morgan fingerprint density at radius 1 is 1.26 bits per heavy atom. The van der Waals surface area contributed by atoms with Crippen LogP contribution in [-0.2, 0) is 0 Å². The number of furan rings is 1. The summed E-state index contributed by atoms with van der Waals surface area (Å²) < 4.78 is 11.7. The van der Waals surface area contributed by atoms with Crippen LogP contribution in [0.4, 0.5) is 0 Å². The third-order valence-electron chi connectivity index (χ3n) is 3.79.